The molecule has 1 aliphatic rings. The Morgan fingerprint density at radius 1 is 1.31 bits per heavy atom. The van der Waals surface area contributed by atoms with Crippen LogP contribution in [-0.2, 0) is 11.3 Å². The molecule has 0 spiro atoms. The van der Waals surface area contributed by atoms with Gasteiger partial charge in [0.25, 0.3) is 0 Å². The zero-order chi connectivity index (χ0) is 10.5. The number of ether oxygens (including phenoxy) is 1. The predicted octanol–water partition coefficient (Wildman–Crippen LogP) is 3.19. The molecule has 16 heavy (non-hydrogen) atoms. The van der Waals surface area contributed by atoms with Crippen LogP contribution >= 0.6 is 28.6 Å². The first-order valence-corrected chi connectivity index (χ1v) is 5.79. The highest BCUT2D eigenvalue weighted by Crippen LogP contribution is 2.12. The first-order valence-electron chi connectivity index (χ1n) is 5.41. The summed E-state index contributed by atoms with van der Waals surface area (Å²) in [5, 5.41) is 4.18. The van der Waals surface area contributed by atoms with E-state index in [1.807, 2.05) is 24.3 Å². The molecule has 90 valence electrons. The highest BCUT2D eigenvalue weighted by molar-refractivity contribution is 8.93. The number of nitrogens with one attached hydrogen (secondary N) is 1. The fraction of sp³-hybridized carbons (Fsp3) is 0.500. The molecular formula is C12H17BrClNO. The van der Waals surface area contributed by atoms with Gasteiger partial charge in [0, 0.05) is 24.7 Å². The van der Waals surface area contributed by atoms with Crippen molar-refractivity contribution in [2.45, 2.75) is 25.5 Å². The lowest BCUT2D eigenvalue weighted by molar-refractivity contribution is 0.110. The van der Waals surface area contributed by atoms with Crippen molar-refractivity contribution in [3.05, 3.63) is 34.9 Å². The maximum Gasteiger partial charge on any atom is 0.0700 e. The molecule has 1 aromatic rings. The fourth-order valence-electron chi connectivity index (χ4n) is 1.79. The summed E-state index contributed by atoms with van der Waals surface area (Å²) in [5.41, 5.74) is 1.26. The van der Waals surface area contributed by atoms with Crippen molar-refractivity contribution in [2.75, 3.05) is 13.2 Å². The van der Waals surface area contributed by atoms with Crippen LogP contribution in [-0.4, -0.2) is 19.3 Å². The van der Waals surface area contributed by atoms with Gasteiger partial charge in [-0.3, -0.25) is 0 Å². The smallest absolute Gasteiger partial charge is 0.0700 e. The van der Waals surface area contributed by atoms with Crippen LogP contribution in [0.15, 0.2) is 24.3 Å². The van der Waals surface area contributed by atoms with E-state index in [1.54, 1.807) is 0 Å². The number of halogens is 2. The zero-order valence-corrected chi connectivity index (χ0v) is 11.6. The summed E-state index contributed by atoms with van der Waals surface area (Å²) < 4.78 is 5.53. The molecule has 0 aliphatic carbocycles. The van der Waals surface area contributed by atoms with Gasteiger partial charge in [-0.05, 0) is 30.5 Å². The van der Waals surface area contributed by atoms with Crippen molar-refractivity contribution in [1.82, 2.24) is 5.32 Å². The van der Waals surface area contributed by atoms with Crippen molar-refractivity contribution in [3.8, 4) is 0 Å². The normalized spacial score (nSPS) is 19.4. The molecule has 1 N–H and O–H groups in total. The van der Waals surface area contributed by atoms with Gasteiger partial charge in [-0.25, -0.2) is 0 Å². The molecule has 4 heteroatoms. The van der Waals surface area contributed by atoms with Crippen molar-refractivity contribution in [2.24, 2.45) is 0 Å². The third-order valence-corrected chi connectivity index (χ3v) is 2.89. The molecule has 0 saturated carbocycles. The molecule has 1 atom stereocenters. The van der Waals surface area contributed by atoms with Gasteiger partial charge in [-0.15, -0.1) is 17.0 Å². The molecule has 1 heterocycles. The van der Waals surface area contributed by atoms with E-state index >= 15 is 0 Å². The Labute approximate surface area is 112 Å². The number of benzene rings is 1. The van der Waals surface area contributed by atoms with Crippen LogP contribution in [0, 0.1) is 0 Å². The van der Waals surface area contributed by atoms with Gasteiger partial charge in [0.15, 0.2) is 0 Å². The Kier molecular flexibility index (Phi) is 6.36. The molecule has 0 amide bonds. The molecule has 2 nitrogen and oxygen atoms in total. The molecule has 1 aliphatic heterocycles. The topological polar surface area (TPSA) is 21.3 Å². The van der Waals surface area contributed by atoms with Crippen LogP contribution in [0.4, 0.5) is 0 Å². The second-order valence-electron chi connectivity index (χ2n) is 3.89. The van der Waals surface area contributed by atoms with Gasteiger partial charge >= 0.3 is 0 Å². The quantitative estimate of drug-likeness (QED) is 0.922. The molecule has 0 radical (unpaired) electrons. The molecule has 1 unspecified atom stereocenters. The monoisotopic (exact) mass is 305 g/mol. The van der Waals surface area contributed by atoms with Crippen molar-refractivity contribution in [1.29, 1.82) is 0 Å². The Hall–Kier alpha value is -0.0900. The molecule has 1 saturated heterocycles. The van der Waals surface area contributed by atoms with Crippen LogP contribution in [0.1, 0.15) is 18.4 Å². The zero-order valence-electron chi connectivity index (χ0n) is 9.12. The van der Waals surface area contributed by atoms with Gasteiger partial charge in [-0.2, -0.15) is 0 Å². The molecule has 1 aromatic carbocycles. The maximum absolute atomic E-state index is 5.81. The van der Waals surface area contributed by atoms with Crippen LogP contribution in [0.5, 0.6) is 0 Å². The Morgan fingerprint density at radius 2 is 2.06 bits per heavy atom. The largest absolute Gasteiger partial charge is 0.377 e. The third-order valence-electron chi connectivity index (χ3n) is 2.64. The van der Waals surface area contributed by atoms with E-state index in [2.05, 4.69) is 5.32 Å². The lowest BCUT2D eigenvalue weighted by Gasteiger charge is -2.10. The van der Waals surface area contributed by atoms with E-state index in [9.17, 15) is 0 Å². The van der Waals surface area contributed by atoms with Gasteiger partial charge in [0.1, 0.15) is 0 Å². The summed E-state index contributed by atoms with van der Waals surface area (Å²) in [6, 6.07) is 7.94. The lowest BCUT2D eigenvalue weighted by Crippen LogP contribution is -2.25. The molecule has 0 bridgehead atoms. The standard InChI is InChI=1S/C12H16ClNO.BrH/c13-11-5-3-10(4-6-11)8-14-9-12-2-1-7-15-12;/h3-6,12,14H,1-2,7-9H2;1H. The summed E-state index contributed by atoms with van der Waals surface area (Å²) >= 11 is 5.81. The van der Waals surface area contributed by atoms with Crippen LogP contribution in [0.2, 0.25) is 5.02 Å². The SMILES string of the molecule is Br.Clc1ccc(CNCC2CCCO2)cc1. The highest BCUT2D eigenvalue weighted by atomic mass is 79.9. The van der Waals surface area contributed by atoms with E-state index in [0.717, 1.165) is 24.7 Å². The number of rotatable bonds is 4. The first kappa shape index (κ1) is 14.0. The van der Waals surface area contributed by atoms with E-state index in [-0.39, 0.29) is 17.0 Å². The minimum absolute atomic E-state index is 0. The predicted molar refractivity (Wildman–Crippen MR) is 72.5 cm³/mol. The Bertz CT molecular complexity index is 298. The molecule has 0 aromatic heterocycles. The average Bonchev–Trinajstić information content (AvgIpc) is 2.74. The van der Waals surface area contributed by atoms with Crippen molar-refractivity contribution < 1.29 is 4.74 Å². The van der Waals surface area contributed by atoms with E-state index in [0.29, 0.717) is 6.10 Å². The molecule has 1 fully saturated rings. The number of hydrogen-bond acceptors (Lipinski definition) is 2. The van der Waals surface area contributed by atoms with Gasteiger partial charge in [0.05, 0.1) is 6.10 Å². The summed E-state index contributed by atoms with van der Waals surface area (Å²) in [4.78, 5) is 0. The van der Waals surface area contributed by atoms with Gasteiger partial charge < -0.3 is 10.1 Å². The highest BCUT2D eigenvalue weighted by Gasteiger charge is 2.14. The maximum atomic E-state index is 5.81. The summed E-state index contributed by atoms with van der Waals surface area (Å²) in [6.45, 7) is 2.76. The summed E-state index contributed by atoms with van der Waals surface area (Å²) in [6.07, 6.45) is 2.80. The van der Waals surface area contributed by atoms with Crippen LogP contribution < -0.4 is 5.32 Å². The second kappa shape index (κ2) is 7.28. The van der Waals surface area contributed by atoms with Gasteiger partial charge in [0.2, 0.25) is 0 Å². The lowest BCUT2D eigenvalue weighted by atomic mass is 10.2. The Morgan fingerprint density at radius 3 is 2.69 bits per heavy atom. The second-order valence-corrected chi connectivity index (χ2v) is 4.33. The summed E-state index contributed by atoms with van der Waals surface area (Å²) in [7, 11) is 0. The first-order chi connectivity index (χ1) is 7.34. The van der Waals surface area contributed by atoms with Crippen molar-refractivity contribution >= 4 is 28.6 Å². The summed E-state index contributed by atoms with van der Waals surface area (Å²) in [5.74, 6) is 0. The van der Waals surface area contributed by atoms with E-state index < -0.39 is 0 Å². The van der Waals surface area contributed by atoms with E-state index in [1.165, 1.54) is 18.4 Å². The van der Waals surface area contributed by atoms with Gasteiger partial charge in [-0.1, -0.05) is 23.7 Å². The Balaban J connectivity index is 0.00000128. The molecular weight excluding hydrogens is 289 g/mol. The van der Waals surface area contributed by atoms with Crippen LogP contribution in [0.3, 0.4) is 0 Å². The number of hydrogen-bond donors (Lipinski definition) is 1. The minimum Gasteiger partial charge on any atom is -0.377 e. The van der Waals surface area contributed by atoms with E-state index in [4.69, 9.17) is 16.3 Å². The molecule has 2 rings (SSSR count). The third kappa shape index (κ3) is 4.42. The van der Waals surface area contributed by atoms with Crippen LogP contribution in [0.25, 0.3) is 0 Å². The minimum atomic E-state index is 0. The average molecular weight is 307 g/mol. The van der Waals surface area contributed by atoms with Crippen molar-refractivity contribution in [3.63, 3.8) is 0 Å². The fourth-order valence-corrected chi connectivity index (χ4v) is 1.91.